The zero-order valence-corrected chi connectivity index (χ0v) is 13.8. The molecule has 0 saturated heterocycles. The third kappa shape index (κ3) is 3.23. The van der Waals surface area contributed by atoms with Crippen LogP contribution in [0.15, 0.2) is 36.8 Å². The molecule has 2 aromatic heterocycles. The first-order chi connectivity index (χ1) is 11.4. The third-order valence-electron chi connectivity index (χ3n) is 3.34. The predicted octanol–water partition coefficient (Wildman–Crippen LogP) is 3.10. The van der Waals surface area contributed by atoms with E-state index >= 15 is 0 Å². The van der Waals surface area contributed by atoms with E-state index in [1.54, 1.807) is 31.2 Å². The van der Waals surface area contributed by atoms with E-state index in [0.29, 0.717) is 17.5 Å². The van der Waals surface area contributed by atoms with Crippen LogP contribution in [0.4, 0.5) is 33.2 Å². The lowest BCUT2D eigenvalue weighted by Crippen LogP contribution is -2.15. The van der Waals surface area contributed by atoms with Crippen molar-refractivity contribution in [2.75, 3.05) is 23.0 Å². The second-order valence-electron chi connectivity index (χ2n) is 5.16. The number of hydrogen-bond acceptors (Lipinski definition) is 6. The van der Waals surface area contributed by atoms with Gasteiger partial charge in [-0.1, -0.05) is 11.6 Å². The quantitative estimate of drug-likeness (QED) is 0.705. The van der Waals surface area contributed by atoms with Crippen LogP contribution in [0.1, 0.15) is 0 Å². The number of anilines is 5. The average Bonchev–Trinajstić information content (AvgIpc) is 2.96. The molecule has 7 nitrogen and oxygen atoms in total. The van der Waals surface area contributed by atoms with Crippen LogP contribution in [0, 0.1) is 5.82 Å². The first kappa shape index (κ1) is 16.0. The molecule has 2 heterocycles. The number of hydrogen-bond donors (Lipinski definition) is 2. The van der Waals surface area contributed by atoms with Gasteiger partial charge >= 0.3 is 0 Å². The van der Waals surface area contributed by atoms with Crippen molar-refractivity contribution >= 4 is 40.4 Å². The Kier molecular flexibility index (Phi) is 4.22. The lowest BCUT2D eigenvalue weighted by Gasteiger charge is -2.20. The summed E-state index contributed by atoms with van der Waals surface area (Å²) in [6, 6.07) is 4.30. The first-order valence-corrected chi connectivity index (χ1v) is 7.39. The van der Waals surface area contributed by atoms with Gasteiger partial charge in [-0.3, -0.25) is 4.68 Å². The molecular formula is C15H15ClFN7. The highest BCUT2D eigenvalue weighted by atomic mass is 35.5. The van der Waals surface area contributed by atoms with Crippen LogP contribution in [0.3, 0.4) is 0 Å². The maximum absolute atomic E-state index is 14.1. The molecular weight excluding hydrogens is 333 g/mol. The van der Waals surface area contributed by atoms with Crippen molar-refractivity contribution in [2.24, 2.45) is 7.05 Å². The summed E-state index contributed by atoms with van der Waals surface area (Å²) in [4.78, 5) is 9.99. The van der Waals surface area contributed by atoms with E-state index in [-0.39, 0.29) is 10.7 Å². The summed E-state index contributed by atoms with van der Waals surface area (Å²) in [6.07, 6.45) is 4.86. The average molecular weight is 348 g/mol. The van der Waals surface area contributed by atoms with E-state index in [4.69, 9.17) is 17.3 Å². The molecule has 0 fully saturated rings. The number of rotatable bonds is 4. The Morgan fingerprint density at radius 2 is 2.12 bits per heavy atom. The van der Waals surface area contributed by atoms with Gasteiger partial charge in [0.05, 0.1) is 23.8 Å². The van der Waals surface area contributed by atoms with Gasteiger partial charge in [-0.15, -0.1) is 0 Å². The SMILES string of the molecule is CN(c1cc(N)ccc1F)c1nc(Nc2cnn(C)c2)ncc1Cl. The lowest BCUT2D eigenvalue weighted by molar-refractivity contribution is 0.627. The van der Waals surface area contributed by atoms with Gasteiger partial charge in [-0.05, 0) is 18.2 Å². The molecule has 0 spiro atoms. The summed E-state index contributed by atoms with van der Waals surface area (Å²) < 4.78 is 15.7. The molecule has 1 aromatic carbocycles. The second kappa shape index (κ2) is 6.32. The van der Waals surface area contributed by atoms with Gasteiger partial charge in [0.2, 0.25) is 5.95 Å². The second-order valence-corrected chi connectivity index (χ2v) is 5.57. The van der Waals surface area contributed by atoms with Crippen molar-refractivity contribution in [2.45, 2.75) is 0 Å². The van der Waals surface area contributed by atoms with E-state index in [2.05, 4.69) is 20.4 Å². The van der Waals surface area contributed by atoms with Crippen molar-refractivity contribution in [3.8, 4) is 0 Å². The van der Waals surface area contributed by atoms with E-state index in [1.807, 2.05) is 0 Å². The zero-order valence-electron chi connectivity index (χ0n) is 13.0. The molecule has 3 rings (SSSR count). The highest BCUT2D eigenvalue weighted by Crippen LogP contribution is 2.32. The van der Waals surface area contributed by atoms with Crippen molar-refractivity contribution in [3.63, 3.8) is 0 Å². The largest absolute Gasteiger partial charge is 0.399 e. The van der Waals surface area contributed by atoms with Gasteiger partial charge in [0.25, 0.3) is 0 Å². The monoisotopic (exact) mass is 347 g/mol. The molecule has 0 radical (unpaired) electrons. The summed E-state index contributed by atoms with van der Waals surface area (Å²) in [5.74, 6) is 0.240. The Hall–Kier alpha value is -2.87. The van der Waals surface area contributed by atoms with Gasteiger partial charge in [0.1, 0.15) is 10.8 Å². The first-order valence-electron chi connectivity index (χ1n) is 7.01. The number of aryl methyl sites for hydroxylation is 1. The van der Waals surface area contributed by atoms with Crippen LogP contribution in [0.2, 0.25) is 5.02 Å². The lowest BCUT2D eigenvalue weighted by atomic mass is 10.2. The normalized spacial score (nSPS) is 10.7. The summed E-state index contributed by atoms with van der Waals surface area (Å²) in [6.45, 7) is 0. The van der Waals surface area contributed by atoms with Crippen LogP contribution in [-0.4, -0.2) is 26.8 Å². The number of aromatic nitrogens is 4. The van der Waals surface area contributed by atoms with Crippen LogP contribution in [0.5, 0.6) is 0 Å². The van der Waals surface area contributed by atoms with Crippen molar-refractivity contribution in [3.05, 3.63) is 47.6 Å². The maximum atomic E-state index is 14.1. The van der Waals surface area contributed by atoms with Gasteiger partial charge in [0, 0.05) is 26.0 Å². The summed E-state index contributed by atoms with van der Waals surface area (Å²) in [7, 11) is 3.45. The fraction of sp³-hybridized carbons (Fsp3) is 0.133. The number of benzene rings is 1. The number of nitrogens with zero attached hydrogens (tertiary/aromatic N) is 5. The Morgan fingerprint density at radius 1 is 1.33 bits per heavy atom. The molecule has 0 aliphatic carbocycles. The predicted molar refractivity (Wildman–Crippen MR) is 92.4 cm³/mol. The summed E-state index contributed by atoms with van der Waals surface area (Å²) in [5.41, 5.74) is 7.17. The van der Waals surface area contributed by atoms with Crippen molar-refractivity contribution in [1.82, 2.24) is 19.7 Å². The Balaban J connectivity index is 1.94. The summed E-state index contributed by atoms with van der Waals surface area (Å²) in [5, 5.41) is 7.36. The molecule has 9 heteroatoms. The van der Waals surface area contributed by atoms with Crippen LogP contribution < -0.4 is 16.0 Å². The molecule has 3 N–H and O–H groups in total. The number of nitrogens with two attached hydrogens (primary N) is 1. The fourth-order valence-corrected chi connectivity index (χ4v) is 2.39. The third-order valence-corrected chi connectivity index (χ3v) is 3.60. The van der Waals surface area contributed by atoms with E-state index < -0.39 is 5.82 Å². The molecule has 0 unspecified atom stereocenters. The Labute approximate surface area is 142 Å². The van der Waals surface area contributed by atoms with Crippen molar-refractivity contribution in [1.29, 1.82) is 0 Å². The molecule has 3 aromatic rings. The molecule has 0 bridgehead atoms. The zero-order chi connectivity index (χ0) is 17.3. The van der Waals surface area contributed by atoms with E-state index in [9.17, 15) is 4.39 Å². The molecule has 0 saturated carbocycles. The van der Waals surface area contributed by atoms with Gasteiger partial charge in [0.15, 0.2) is 5.82 Å². The van der Waals surface area contributed by atoms with Crippen LogP contribution in [-0.2, 0) is 7.05 Å². The van der Waals surface area contributed by atoms with Crippen LogP contribution in [0.25, 0.3) is 0 Å². The number of nitrogen functional groups attached to an aromatic ring is 1. The smallest absolute Gasteiger partial charge is 0.229 e. The molecule has 24 heavy (non-hydrogen) atoms. The highest BCUT2D eigenvalue weighted by Gasteiger charge is 2.16. The van der Waals surface area contributed by atoms with E-state index in [0.717, 1.165) is 5.69 Å². The topological polar surface area (TPSA) is 84.9 Å². The van der Waals surface area contributed by atoms with Gasteiger partial charge in [-0.25, -0.2) is 9.37 Å². The van der Waals surface area contributed by atoms with Crippen LogP contribution >= 0.6 is 11.6 Å². The Morgan fingerprint density at radius 3 is 2.83 bits per heavy atom. The molecule has 0 amide bonds. The maximum Gasteiger partial charge on any atom is 0.229 e. The van der Waals surface area contributed by atoms with E-state index in [1.165, 1.54) is 29.3 Å². The van der Waals surface area contributed by atoms with Gasteiger partial charge < -0.3 is 16.0 Å². The van der Waals surface area contributed by atoms with Crippen molar-refractivity contribution < 1.29 is 4.39 Å². The minimum absolute atomic E-state index is 0.267. The molecule has 0 atom stereocenters. The summed E-state index contributed by atoms with van der Waals surface area (Å²) >= 11 is 6.18. The number of nitrogens with one attached hydrogen (secondary N) is 1. The molecule has 0 aliphatic rings. The fourth-order valence-electron chi connectivity index (χ4n) is 2.17. The Bertz CT molecular complexity index is 880. The standard InChI is InChI=1S/C15H15ClFN7/c1-23-8-10(6-20-23)21-15-19-7-11(16)14(22-15)24(2)13-5-9(18)3-4-12(13)17/h3-8H,18H2,1-2H3,(H,19,21,22). The molecule has 124 valence electrons. The van der Waals surface area contributed by atoms with Gasteiger partial charge in [-0.2, -0.15) is 10.1 Å². The minimum Gasteiger partial charge on any atom is -0.399 e. The minimum atomic E-state index is -0.428. The highest BCUT2D eigenvalue weighted by molar-refractivity contribution is 6.33. The molecule has 0 aliphatic heterocycles. The number of halogens is 2.